The van der Waals surface area contributed by atoms with E-state index >= 15 is 0 Å². The molecule has 2 rings (SSSR count). The maximum atomic E-state index is 5.54. The average Bonchev–Trinajstić information content (AvgIpc) is 2.91. The highest BCUT2D eigenvalue weighted by atomic mass is 32.2. The summed E-state index contributed by atoms with van der Waals surface area (Å²) in [5.74, 6) is 6.20. The first-order chi connectivity index (χ1) is 8.83. The molecule has 4 N–H and O–H groups in total. The number of nitrogens with one attached hydrogen (secondary N) is 2. The number of nitrogens with two attached hydrogens (primary N) is 1. The number of guanidine groups is 1. The van der Waals surface area contributed by atoms with Gasteiger partial charge in [-0.15, -0.1) is 11.8 Å². The third-order valence-corrected chi connectivity index (χ3v) is 3.93. The maximum absolute atomic E-state index is 5.54. The fraction of sp³-hybridized carbons (Fsp3) is 0.462. The van der Waals surface area contributed by atoms with E-state index in [1.54, 1.807) is 11.8 Å². The largest absolute Gasteiger partial charge is 0.324 e. The predicted molar refractivity (Wildman–Crippen MR) is 78.9 cm³/mol. The molecule has 0 heterocycles. The van der Waals surface area contributed by atoms with E-state index in [4.69, 9.17) is 5.84 Å². The molecule has 0 spiro atoms. The van der Waals surface area contributed by atoms with Crippen LogP contribution in [0.4, 0.5) is 5.69 Å². The monoisotopic (exact) mass is 264 g/mol. The van der Waals surface area contributed by atoms with Crippen LogP contribution in [0.15, 0.2) is 34.2 Å². The second kappa shape index (κ2) is 6.66. The number of rotatable bonds is 3. The topological polar surface area (TPSA) is 62.4 Å². The van der Waals surface area contributed by atoms with Crippen molar-refractivity contribution < 1.29 is 0 Å². The average molecular weight is 264 g/mol. The summed E-state index contributed by atoms with van der Waals surface area (Å²) in [7, 11) is 0. The Labute approximate surface area is 112 Å². The minimum absolute atomic E-state index is 0.407. The summed E-state index contributed by atoms with van der Waals surface area (Å²) in [6.07, 6.45) is 6.93. The first-order valence-electron chi connectivity index (χ1n) is 6.28. The zero-order chi connectivity index (χ0) is 12.8. The van der Waals surface area contributed by atoms with E-state index in [1.165, 1.54) is 17.7 Å². The van der Waals surface area contributed by atoms with Gasteiger partial charge in [-0.1, -0.05) is 25.0 Å². The minimum Gasteiger partial charge on any atom is -0.324 e. The van der Waals surface area contributed by atoms with Gasteiger partial charge in [0.25, 0.3) is 0 Å². The fourth-order valence-corrected chi connectivity index (χ4v) is 2.75. The second-order valence-electron chi connectivity index (χ2n) is 4.39. The normalized spacial score (nSPS) is 16.9. The van der Waals surface area contributed by atoms with E-state index in [-0.39, 0.29) is 0 Å². The van der Waals surface area contributed by atoms with Gasteiger partial charge in [-0.3, -0.25) is 5.43 Å². The standard InChI is InChI=1S/C13H20N4S/c1-18-12-9-5-4-8-11(12)16-13(17-14)15-10-6-2-3-7-10/h4-5,8-10H,2-3,6-7,14H2,1H3,(H2,15,16,17). The molecule has 0 aromatic heterocycles. The Balaban J connectivity index is 2.09. The molecule has 18 heavy (non-hydrogen) atoms. The molecule has 0 saturated heterocycles. The van der Waals surface area contributed by atoms with Crippen LogP contribution in [0.5, 0.6) is 0 Å². The van der Waals surface area contributed by atoms with Gasteiger partial charge < -0.3 is 5.32 Å². The number of nitrogens with zero attached hydrogens (tertiary/aromatic N) is 1. The molecular formula is C13H20N4S. The first-order valence-corrected chi connectivity index (χ1v) is 7.50. The highest BCUT2D eigenvalue weighted by molar-refractivity contribution is 7.98. The Kier molecular flexibility index (Phi) is 4.90. The molecule has 0 unspecified atom stereocenters. The summed E-state index contributed by atoms with van der Waals surface area (Å²) in [5.41, 5.74) is 3.70. The molecule has 1 fully saturated rings. The van der Waals surface area contributed by atoms with Crippen molar-refractivity contribution >= 4 is 23.4 Å². The Bertz CT molecular complexity index is 413. The number of para-hydroxylation sites is 1. The van der Waals surface area contributed by atoms with Crippen LogP contribution in [-0.4, -0.2) is 18.3 Å². The van der Waals surface area contributed by atoms with Gasteiger partial charge >= 0.3 is 0 Å². The minimum atomic E-state index is 0.407. The van der Waals surface area contributed by atoms with Crippen molar-refractivity contribution in [1.82, 2.24) is 5.43 Å². The van der Waals surface area contributed by atoms with Gasteiger partial charge in [0, 0.05) is 4.90 Å². The smallest absolute Gasteiger partial charge is 0.210 e. The molecule has 1 aromatic rings. The van der Waals surface area contributed by atoms with Crippen molar-refractivity contribution in [3.8, 4) is 0 Å². The van der Waals surface area contributed by atoms with E-state index in [9.17, 15) is 0 Å². The van der Waals surface area contributed by atoms with Crippen molar-refractivity contribution in [2.45, 2.75) is 36.6 Å². The zero-order valence-corrected chi connectivity index (χ0v) is 11.5. The van der Waals surface area contributed by atoms with Crippen molar-refractivity contribution in [2.24, 2.45) is 10.8 Å². The number of thioether (sulfide) groups is 1. The molecule has 1 aliphatic rings. The lowest BCUT2D eigenvalue weighted by Crippen LogP contribution is -2.37. The maximum Gasteiger partial charge on any atom is 0.210 e. The highest BCUT2D eigenvalue weighted by Gasteiger charge is 2.14. The molecule has 0 amide bonds. The van der Waals surface area contributed by atoms with Gasteiger partial charge in [-0.25, -0.2) is 10.8 Å². The number of benzene rings is 1. The zero-order valence-electron chi connectivity index (χ0n) is 10.6. The lowest BCUT2D eigenvalue weighted by atomic mass is 10.3. The molecule has 1 saturated carbocycles. The van der Waals surface area contributed by atoms with Gasteiger partial charge in [0.15, 0.2) is 0 Å². The molecule has 5 heteroatoms. The number of hydrazine groups is 1. The van der Waals surface area contributed by atoms with Gasteiger partial charge in [0.2, 0.25) is 5.96 Å². The first kappa shape index (κ1) is 13.2. The fourth-order valence-electron chi connectivity index (χ4n) is 2.20. The van der Waals surface area contributed by atoms with Crippen molar-refractivity contribution in [3.05, 3.63) is 24.3 Å². The number of aliphatic imine (C=N–C) groups is 1. The molecule has 98 valence electrons. The van der Waals surface area contributed by atoms with Crippen LogP contribution >= 0.6 is 11.8 Å². The van der Waals surface area contributed by atoms with Crippen LogP contribution in [0.2, 0.25) is 0 Å². The number of hydrogen-bond acceptors (Lipinski definition) is 3. The van der Waals surface area contributed by atoms with E-state index in [0.717, 1.165) is 18.5 Å². The summed E-state index contributed by atoms with van der Waals surface area (Å²) >= 11 is 1.70. The van der Waals surface area contributed by atoms with E-state index in [0.29, 0.717) is 12.0 Å². The molecule has 1 aromatic carbocycles. The summed E-state index contributed by atoms with van der Waals surface area (Å²) in [6, 6.07) is 8.56. The quantitative estimate of drug-likeness (QED) is 0.258. The summed E-state index contributed by atoms with van der Waals surface area (Å²) in [4.78, 5) is 5.81. The SMILES string of the molecule is CSc1ccccc1NC(=NC1CCCC1)NN. The van der Waals surface area contributed by atoms with E-state index in [2.05, 4.69) is 28.1 Å². The van der Waals surface area contributed by atoms with Crippen molar-refractivity contribution in [2.75, 3.05) is 11.6 Å². The number of anilines is 1. The third-order valence-electron chi connectivity index (χ3n) is 3.13. The molecule has 4 nitrogen and oxygen atoms in total. The Morgan fingerprint density at radius 2 is 2.06 bits per heavy atom. The molecule has 0 aliphatic heterocycles. The van der Waals surface area contributed by atoms with Crippen LogP contribution in [0.1, 0.15) is 25.7 Å². The second-order valence-corrected chi connectivity index (χ2v) is 5.23. The Morgan fingerprint density at radius 3 is 2.72 bits per heavy atom. The number of hydrogen-bond donors (Lipinski definition) is 3. The lowest BCUT2D eigenvalue weighted by Gasteiger charge is -2.13. The van der Waals surface area contributed by atoms with Crippen LogP contribution in [-0.2, 0) is 0 Å². The van der Waals surface area contributed by atoms with Gasteiger partial charge in [0.1, 0.15) is 0 Å². The van der Waals surface area contributed by atoms with Crippen LogP contribution < -0.4 is 16.6 Å². The van der Waals surface area contributed by atoms with Gasteiger partial charge in [-0.2, -0.15) is 0 Å². The van der Waals surface area contributed by atoms with Crippen LogP contribution in [0.25, 0.3) is 0 Å². The molecular weight excluding hydrogens is 244 g/mol. The molecule has 0 radical (unpaired) electrons. The van der Waals surface area contributed by atoms with E-state index < -0.39 is 0 Å². The Hall–Kier alpha value is -1.20. The Morgan fingerprint density at radius 1 is 1.33 bits per heavy atom. The summed E-state index contributed by atoms with van der Waals surface area (Å²) in [6.45, 7) is 0. The molecule has 1 aliphatic carbocycles. The van der Waals surface area contributed by atoms with Crippen molar-refractivity contribution in [3.63, 3.8) is 0 Å². The third kappa shape index (κ3) is 3.40. The summed E-state index contributed by atoms with van der Waals surface area (Å²) < 4.78 is 0. The van der Waals surface area contributed by atoms with Gasteiger partial charge in [0.05, 0.1) is 11.7 Å². The van der Waals surface area contributed by atoms with Crippen LogP contribution in [0, 0.1) is 0 Å². The molecule has 0 bridgehead atoms. The summed E-state index contributed by atoms with van der Waals surface area (Å²) in [5, 5.41) is 3.27. The molecule has 0 atom stereocenters. The highest BCUT2D eigenvalue weighted by Crippen LogP contribution is 2.25. The van der Waals surface area contributed by atoms with Crippen molar-refractivity contribution in [1.29, 1.82) is 0 Å². The predicted octanol–water partition coefficient (Wildman–Crippen LogP) is 2.58. The lowest BCUT2D eigenvalue weighted by molar-refractivity contribution is 0.700. The van der Waals surface area contributed by atoms with E-state index in [1.807, 2.05) is 18.2 Å². The van der Waals surface area contributed by atoms with Crippen LogP contribution in [0.3, 0.4) is 0 Å². The van der Waals surface area contributed by atoms with Gasteiger partial charge in [-0.05, 0) is 31.2 Å².